The second-order valence-corrected chi connectivity index (χ2v) is 26.0. The number of anilines is 8. The molecule has 0 radical (unpaired) electrons. The number of para-hydroxylation sites is 4. The van der Waals surface area contributed by atoms with Crippen molar-refractivity contribution in [2.45, 2.75) is 110 Å². The second kappa shape index (κ2) is 22.0. The minimum Gasteiger partial charge on any atom is -0.319 e. The maximum absolute atomic E-state index is 5.04. The number of pyridine rings is 4. The van der Waals surface area contributed by atoms with Crippen LogP contribution in [-0.2, 0) is 0 Å². The number of nitrogens with zero attached hydrogens (tertiary/aromatic N) is 10. The van der Waals surface area contributed by atoms with E-state index >= 15 is 0 Å². The average Bonchev–Trinajstić information content (AvgIpc) is 3.50. The van der Waals surface area contributed by atoms with Gasteiger partial charge in [-0.15, -0.1) is 0 Å². The number of rotatable bonds is 18. The monoisotopic (exact) mass is 1090 g/mol. The summed E-state index contributed by atoms with van der Waals surface area (Å²) >= 11 is 7.32. The zero-order chi connectivity index (χ0) is 52.7. The molecule has 4 aliphatic heterocycles. The Morgan fingerprint density at radius 3 is 0.818 bits per heavy atom. The van der Waals surface area contributed by atoms with Crippen LogP contribution in [0.1, 0.15) is 47.0 Å². The average molecular weight is 1090 g/mol. The largest absolute Gasteiger partial charge is 0.319 e. The molecule has 0 bridgehead atoms. The minimum absolute atomic E-state index is 0.263. The van der Waals surface area contributed by atoms with Crippen LogP contribution in [0.2, 0.25) is 0 Å². The third-order valence-corrected chi connectivity index (χ3v) is 21.5. The summed E-state index contributed by atoms with van der Waals surface area (Å²) in [4.78, 5) is 40.2. The molecule has 14 heteroatoms. The molecule has 0 saturated heterocycles. The molecule has 77 heavy (non-hydrogen) atoms. The van der Waals surface area contributed by atoms with Gasteiger partial charge in [-0.1, -0.05) is 95.6 Å². The van der Waals surface area contributed by atoms with Gasteiger partial charge in [0.15, 0.2) is 0 Å². The van der Waals surface area contributed by atoms with Gasteiger partial charge in [-0.3, -0.25) is 0 Å². The highest BCUT2D eigenvalue weighted by molar-refractivity contribution is 8.00. The molecule has 0 fully saturated rings. The highest BCUT2D eigenvalue weighted by atomic mass is 32.2. The molecule has 10 nitrogen and oxygen atoms in total. The van der Waals surface area contributed by atoms with E-state index in [0.717, 1.165) is 90.8 Å². The molecular weight excluding hydrogens is 1030 g/mol. The van der Waals surface area contributed by atoms with Crippen molar-refractivity contribution in [2.24, 2.45) is 0 Å². The highest BCUT2D eigenvalue weighted by Crippen LogP contribution is 2.51. The Hall–Kier alpha value is -6.00. The highest BCUT2D eigenvalue weighted by Gasteiger charge is 2.43. The predicted octanol–water partition coefficient (Wildman–Crippen LogP) is 15.4. The summed E-state index contributed by atoms with van der Waals surface area (Å²) in [5.74, 6) is 4.22. The van der Waals surface area contributed by atoms with Crippen molar-refractivity contribution in [3.63, 3.8) is 0 Å². The van der Waals surface area contributed by atoms with Crippen LogP contribution in [0.25, 0.3) is 0 Å². The minimum atomic E-state index is 0.263. The molecule has 392 valence electrons. The number of likely N-dealkylation sites (N-methyl/N-ethyl adjacent to an activating group) is 2. The summed E-state index contributed by atoms with van der Waals surface area (Å²) in [6.45, 7) is 15.4. The van der Waals surface area contributed by atoms with Crippen LogP contribution in [0.4, 0.5) is 46.0 Å². The molecule has 0 N–H and O–H groups in total. The van der Waals surface area contributed by atoms with Gasteiger partial charge >= 0.3 is 0 Å². The number of hydrogen-bond donors (Lipinski definition) is 0. The van der Waals surface area contributed by atoms with Crippen molar-refractivity contribution < 1.29 is 8.97 Å². The third-order valence-electron chi connectivity index (χ3n) is 17.1. The molecule has 4 aliphatic rings. The summed E-state index contributed by atoms with van der Waals surface area (Å²) < 4.78 is 1.80. The molecule has 0 saturated carbocycles. The Morgan fingerprint density at radius 2 is 0.558 bits per heavy atom. The first kappa shape index (κ1) is 51.7. The predicted molar refractivity (Wildman–Crippen MR) is 321 cm³/mol. The number of quaternary nitrogens is 2. The maximum Gasteiger partial charge on any atom is 0.147 e. The van der Waals surface area contributed by atoms with Gasteiger partial charge in [-0.2, -0.15) is 0 Å². The summed E-state index contributed by atoms with van der Waals surface area (Å²) in [5.41, 5.74) is 4.97. The van der Waals surface area contributed by atoms with Crippen molar-refractivity contribution in [3.05, 3.63) is 170 Å². The van der Waals surface area contributed by atoms with Gasteiger partial charge in [0.2, 0.25) is 0 Å². The lowest BCUT2D eigenvalue weighted by Gasteiger charge is -2.49. The fourth-order valence-electron chi connectivity index (χ4n) is 12.0. The molecular formula is C63H68N10S4+2. The molecule has 4 aromatic carbocycles. The first-order chi connectivity index (χ1) is 37.6. The van der Waals surface area contributed by atoms with Gasteiger partial charge < -0.3 is 28.6 Å². The molecule has 0 aliphatic carbocycles. The Bertz CT molecular complexity index is 2800. The van der Waals surface area contributed by atoms with E-state index in [2.05, 4.69) is 207 Å². The second-order valence-electron chi connectivity index (χ2n) is 21.6. The number of hydrogen-bond acceptors (Lipinski definition) is 12. The van der Waals surface area contributed by atoms with Crippen molar-refractivity contribution in [2.75, 3.05) is 73.0 Å². The quantitative estimate of drug-likeness (QED) is 0.0607. The Balaban J connectivity index is 0.837. The molecule has 4 aromatic heterocycles. The number of unbranched alkanes of at least 4 members (excludes halogenated alkanes) is 2. The van der Waals surface area contributed by atoms with Gasteiger partial charge in [0.1, 0.15) is 47.4 Å². The van der Waals surface area contributed by atoms with Gasteiger partial charge in [0, 0.05) is 44.4 Å². The Morgan fingerprint density at radius 1 is 0.325 bits per heavy atom. The number of aromatic nitrogens is 4. The molecule has 4 atom stereocenters. The van der Waals surface area contributed by atoms with Crippen LogP contribution in [0.15, 0.2) is 210 Å². The topological polar surface area (TPSA) is 64.5 Å². The van der Waals surface area contributed by atoms with Crippen molar-refractivity contribution in [1.29, 1.82) is 0 Å². The summed E-state index contributed by atoms with van der Waals surface area (Å²) in [6, 6.07) is 53.7. The smallest absolute Gasteiger partial charge is 0.147 e. The van der Waals surface area contributed by atoms with Crippen LogP contribution in [0, 0.1) is 0 Å². The van der Waals surface area contributed by atoms with E-state index in [0.29, 0.717) is 0 Å². The SMILES string of the molecule is CC(CN1c2ccccc2Sc2cccnc21)[N+](C)(CCCCC[N+](C)(C(C)CN1c2ccccc2Sc2cccnc21)C(C)CN1c2ccccc2Sc2cccnc21)C(C)CN1c2ccccc2Sc2cccnc21. The van der Waals surface area contributed by atoms with Gasteiger partial charge in [-0.25, -0.2) is 19.9 Å². The molecule has 8 aromatic rings. The molecule has 0 amide bonds. The first-order valence-corrected chi connectivity index (χ1v) is 30.5. The van der Waals surface area contributed by atoms with Crippen LogP contribution >= 0.6 is 47.0 Å². The van der Waals surface area contributed by atoms with Gasteiger partial charge in [0.25, 0.3) is 0 Å². The fourth-order valence-corrected chi connectivity index (χ4v) is 16.3. The van der Waals surface area contributed by atoms with E-state index < -0.39 is 0 Å². The van der Waals surface area contributed by atoms with Crippen molar-refractivity contribution in [1.82, 2.24) is 19.9 Å². The van der Waals surface area contributed by atoms with Crippen molar-refractivity contribution >= 4 is 93.1 Å². The van der Waals surface area contributed by atoms with E-state index in [-0.39, 0.29) is 24.2 Å². The van der Waals surface area contributed by atoms with Crippen LogP contribution in [0.3, 0.4) is 0 Å². The van der Waals surface area contributed by atoms with Crippen LogP contribution < -0.4 is 19.6 Å². The van der Waals surface area contributed by atoms with Gasteiger partial charge in [0.05, 0.1) is 95.7 Å². The Labute approximate surface area is 472 Å². The standard InChI is InChI=1S/C63H68N10S4/c1-44(40-68-48-22-8-12-26-52(48)74-56-30-18-34-64-60(56)68)72(5,45(2)41-69-49-23-9-13-27-53(49)75-57-31-19-35-65-61(57)69)38-16-7-17-39-73(6,46(3)42-70-50-24-10-14-28-54(50)76-58-32-20-36-66-62(58)70)47(4)43-71-51-25-11-15-29-55(51)77-59-33-21-37-67-63(59)71/h8-15,18-37,44-47H,7,16-17,38-43H2,1-6H3/q+2. The van der Waals surface area contributed by atoms with Crippen LogP contribution in [-0.4, -0.2) is 106 Å². The maximum atomic E-state index is 5.04. The van der Waals surface area contributed by atoms with Crippen molar-refractivity contribution in [3.8, 4) is 0 Å². The first-order valence-electron chi connectivity index (χ1n) is 27.2. The lowest BCUT2D eigenvalue weighted by Crippen LogP contribution is -2.63. The molecule has 8 heterocycles. The summed E-state index contributed by atoms with van der Waals surface area (Å²) in [6.07, 6.45) is 11.2. The number of fused-ring (bicyclic) bond motifs is 8. The summed E-state index contributed by atoms with van der Waals surface area (Å²) in [7, 11) is 5.07. The van der Waals surface area contributed by atoms with E-state index in [4.69, 9.17) is 19.9 Å². The lowest BCUT2D eigenvalue weighted by atomic mass is 10.0. The summed E-state index contributed by atoms with van der Waals surface area (Å²) in [5, 5.41) is 0. The lowest BCUT2D eigenvalue weighted by molar-refractivity contribution is -0.951. The fraction of sp³-hybridized carbons (Fsp3) is 0.302. The molecule has 12 rings (SSSR count). The van der Waals surface area contributed by atoms with E-state index in [1.807, 2.05) is 71.8 Å². The van der Waals surface area contributed by atoms with E-state index in [1.54, 1.807) is 0 Å². The van der Waals surface area contributed by atoms with Crippen LogP contribution in [0.5, 0.6) is 0 Å². The number of benzene rings is 4. The normalized spacial score (nSPS) is 17.1. The zero-order valence-electron chi connectivity index (χ0n) is 44.9. The third kappa shape index (κ3) is 9.99. The molecule has 4 unspecified atom stereocenters. The molecule has 0 spiro atoms. The van der Waals surface area contributed by atoms with E-state index in [1.165, 1.54) is 61.9 Å². The van der Waals surface area contributed by atoms with Gasteiger partial charge in [-0.05, 0) is 144 Å². The Kier molecular flexibility index (Phi) is 14.8. The van der Waals surface area contributed by atoms with E-state index in [9.17, 15) is 0 Å². The zero-order valence-corrected chi connectivity index (χ0v) is 48.2.